The molecule has 2 N–H and O–H groups in total. The predicted octanol–water partition coefficient (Wildman–Crippen LogP) is 4.80. The van der Waals surface area contributed by atoms with Crippen molar-refractivity contribution >= 4 is 45.0 Å². The number of halogens is 1. The third kappa shape index (κ3) is 5.39. The lowest BCUT2D eigenvalue weighted by Crippen LogP contribution is -2.56. The number of hydrogen-bond donors (Lipinski definition) is 2. The molecule has 0 unspecified atom stereocenters. The summed E-state index contributed by atoms with van der Waals surface area (Å²) in [6, 6.07) is 12.9. The van der Waals surface area contributed by atoms with Crippen LogP contribution in [0.25, 0.3) is 21.3 Å². The minimum Gasteiger partial charge on any atom is -0.381 e. The average Bonchev–Trinajstić information content (AvgIpc) is 3.59. The van der Waals surface area contributed by atoms with Crippen LogP contribution in [0.15, 0.2) is 42.5 Å². The first-order valence-electron chi connectivity index (χ1n) is 13.0. The van der Waals surface area contributed by atoms with Crippen molar-refractivity contribution in [3.63, 3.8) is 0 Å². The highest BCUT2D eigenvalue weighted by molar-refractivity contribution is 7.18. The maximum Gasteiger partial charge on any atom is 0.246 e. The number of carbonyl (C=O) groups excluding carboxylic acids is 2. The van der Waals surface area contributed by atoms with Gasteiger partial charge in [0.25, 0.3) is 0 Å². The van der Waals surface area contributed by atoms with Crippen LogP contribution in [0.1, 0.15) is 43.7 Å². The molecule has 0 aliphatic carbocycles. The fourth-order valence-corrected chi connectivity index (χ4v) is 6.69. The Bertz CT molecular complexity index is 1280. The van der Waals surface area contributed by atoms with Gasteiger partial charge in [0.1, 0.15) is 11.0 Å². The van der Waals surface area contributed by atoms with Crippen molar-refractivity contribution in [3.8, 4) is 11.1 Å². The first kappa shape index (κ1) is 26.1. The number of para-hydroxylation sites is 1. The molecule has 7 nitrogen and oxygen atoms in total. The minimum absolute atomic E-state index is 0.0170. The highest BCUT2D eigenvalue weighted by Crippen LogP contribution is 2.41. The number of hydrogen-bond acceptors (Lipinski definition) is 6. The minimum atomic E-state index is -0.569. The Kier molecular flexibility index (Phi) is 8.09. The van der Waals surface area contributed by atoms with Crippen LogP contribution < -0.4 is 10.6 Å². The molecule has 1 aromatic heterocycles. The van der Waals surface area contributed by atoms with E-state index in [0.717, 1.165) is 52.0 Å². The molecule has 2 saturated heterocycles. The maximum absolute atomic E-state index is 14.0. The Hall–Kier alpha value is -2.52. The van der Waals surface area contributed by atoms with Crippen molar-refractivity contribution in [3.05, 3.63) is 52.5 Å². The van der Waals surface area contributed by atoms with Crippen molar-refractivity contribution in [2.24, 2.45) is 5.92 Å². The highest BCUT2D eigenvalue weighted by atomic mass is 35.5. The molecule has 2 aliphatic heterocycles. The van der Waals surface area contributed by atoms with Crippen LogP contribution in [0.4, 0.5) is 0 Å². The number of thiazole rings is 1. The van der Waals surface area contributed by atoms with Gasteiger partial charge in [-0.15, -0.1) is 11.3 Å². The molecule has 0 spiro atoms. The van der Waals surface area contributed by atoms with Crippen LogP contribution in [0.2, 0.25) is 5.02 Å². The Morgan fingerprint density at radius 3 is 2.62 bits per heavy atom. The fraction of sp³-hybridized carbons (Fsp3) is 0.464. The monoisotopic (exact) mass is 540 g/mol. The van der Waals surface area contributed by atoms with Gasteiger partial charge >= 0.3 is 0 Å². The van der Waals surface area contributed by atoms with E-state index in [2.05, 4.69) is 16.7 Å². The molecule has 9 heteroatoms. The summed E-state index contributed by atoms with van der Waals surface area (Å²) in [5, 5.41) is 7.66. The number of amides is 2. The normalized spacial score (nSPS) is 20.2. The van der Waals surface area contributed by atoms with E-state index >= 15 is 0 Å². The average molecular weight is 541 g/mol. The van der Waals surface area contributed by atoms with E-state index in [1.807, 2.05) is 41.3 Å². The van der Waals surface area contributed by atoms with Crippen molar-refractivity contribution in [2.75, 3.05) is 26.8 Å². The van der Waals surface area contributed by atoms with Gasteiger partial charge in [-0.1, -0.05) is 41.9 Å². The van der Waals surface area contributed by atoms with E-state index < -0.39 is 6.04 Å². The lowest BCUT2D eigenvalue weighted by molar-refractivity contribution is -0.140. The third-order valence-electron chi connectivity index (χ3n) is 7.55. The number of fused-ring (bicyclic) bond motifs is 1. The van der Waals surface area contributed by atoms with Crippen molar-refractivity contribution in [1.82, 2.24) is 20.5 Å². The molecule has 37 heavy (non-hydrogen) atoms. The Balaban J connectivity index is 1.45. The third-order valence-corrected chi connectivity index (χ3v) is 9.00. The second-order valence-electron chi connectivity index (χ2n) is 9.82. The zero-order chi connectivity index (χ0) is 25.9. The zero-order valence-electron chi connectivity index (χ0n) is 21.2. The fourth-order valence-electron chi connectivity index (χ4n) is 5.31. The van der Waals surface area contributed by atoms with E-state index in [4.69, 9.17) is 21.3 Å². The smallest absolute Gasteiger partial charge is 0.246 e. The summed E-state index contributed by atoms with van der Waals surface area (Å²) >= 11 is 8.15. The standard InChI is InChI=1S/C28H33ClN4O3S/c1-17(30-2)26(34)31-24(18-12-15-36-16-13-18)28(35)33-14-6-10-22(33)27-32-25-20(8-5-11-23(25)37-27)19-7-3-4-9-21(19)29/h3-5,7-9,11,17-18,22,24,30H,6,10,12-16H2,1-2H3,(H,31,34)/t17-,22-,24-/m0/s1. The summed E-state index contributed by atoms with van der Waals surface area (Å²) in [6.07, 6.45) is 3.27. The number of likely N-dealkylation sites (N-methyl/N-ethyl adjacent to an activating group) is 1. The summed E-state index contributed by atoms with van der Waals surface area (Å²) in [4.78, 5) is 33.9. The number of ether oxygens (including phenoxy) is 1. The van der Waals surface area contributed by atoms with E-state index in [-0.39, 0.29) is 29.8 Å². The quantitative estimate of drug-likeness (QED) is 0.450. The molecule has 3 heterocycles. The molecular weight excluding hydrogens is 508 g/mol. The lowest BCUT2D eigenvalue weighted by atomic mass is 9.90. The molecule has 3 aromatic rings. The molecule has 2 aliphatic rings. The summed E-state index contributed by atoms with van der Waals surface area (Å²) in [5.41, 5.74) is 2.86. The van der Waals surface area contributed by atoms with Gasteiger partial charge in [-0.25, -0.2) is 4.98 Å². The van der Waals surface area contributed by atoms with E-state index in [9.17, 15) is 9.59 Å². The Morgan fingerprint density at radius 2 is 1.86 bits per heavy atom. The van der Waals surface area contributed by atoms with Crippen molar-refractivity contribution < 1.29 is 14.3 Å². The van der Waals surface area contributed by atoms with Crippen molar-refractivity contribution in [2.45, 2.75) is 50.7 Å². The summed E-state index contributed by atoms with van der Waals surface area (Å²) in [6.45, 7) is 3.68. The van der Waals surface area contributed by atoms with Gasteiger partial charge in [0, 0.05) is 35.9 Å². The lowest BCUT2D eigenvalue weighted by Gasteiger charge is -2.35. The number of benzene rings is 2. The SMILES string of the molecule is CN[C@@H](C)C(=O)N[C@H](C(=O)N1CCC[C@H]1c1nc2c(-c3ccccc3Cl)cccc2s1)C1CCOCC1. The molecule has 3 atom stereocenters. The van der Waals surface area contributed by atoms with Crippen LogP contribution in [-0.4, -0.2) is 60.6 Å². The molecule has 0 bridgehead atoms. The van der Waals surface area contributed by atoms with Gasteiger partial charge in [0.15, 0.2) is 0 Å². The second kappa shape index (κ2) is 11.5. The Morgan fingerprint density at radius 1 is 1.11 bits per heavy atom. The summed E-state index contributed by atoms with van der Waals surface area (Å²) in [7, 11) is 1.75. The molecule has 2 amide bonds. The van der Waals surface area contributed by atoms with Gasteiger partial charge in [0.05, 0.1) is 22.3 Å². The molecule has 0 saturated carbocycles. The van der Waals surface area contributed by atoms with Crippen LogP contribution in [0.5, 0.6) is 0 Å². The summed E-state index contributed by atoms with van der Waals surface area (Å²) < 4.78 is 6.61. The van der Waals surface area contributed by atoms with Crippen LogP contribution in [0, 0.1) is 5.92 Å². The van der Waals surface area contributed by atoms with Gasteiger partial charge in [0.2, 0.25) is 11.8 Å². The first-order chi connectivity index (χ1) is 18.0. The van der Waals surface area contributed by atoms with E-state index in [0.29, 0.717) is 24.8 Å². The van der Waals surface area contributed by atoms with Gasteiger partial charge in [-0.2, -0.15) is 0 Å². The zero-order valence-corrected chi connectivity index (χ0v) is 22.8. The maximum atomic E-state index is 14.0. The predicted molar refractivity (Wildman–Crippen MR) is 148 cm³/mol. The van der Waals surface area contributed by atoms with Crippen LogP contribution in [-0.2, 0) is 14.3 Å². The molecular formula is C28H33ClN4O3S. The number of likely N-dealkylation sites (tertiary alicyclic amines) is 1. The van der Waals surface area contributed by atoms with Gasteiger partial charge < -0.3 is 20.3 Å². The molecule has 0 radical (unpaired) electrons. The van der Waals surface area contributed by atoms with Gasteiger partial charge in [-0.3, -0.25) is 9.59 Å². The van der Waals surface area contributed by atoms with E-state index in [1.54, 1.807) is 25.3 Å². The summed E-state index contributed by atoms with van der Waals surface area (Å²) in [5.74, 6) is -0.123. The number of nitrogens with zero attached hydrogens (tertiary/aromatic N) is 2. The largest absolute Gasteiger partial charge is 0.381 e. The number of rotatable bonds is 7. The van der Waals surface area contributed by atoms with Crippen LogP contribution >= 0.6 is 22.9 Å². The van der Waals surface area contributed by atoms with Gasteiger partial charge in [-0.05, 0) is 57.7 Å². The number of nitrogens with one attached hydrogen (secondary N) is 2. The van der Waals surface area contributed by atoms with E-state index in [1.165, 1.54) is 0 Å². The molecule has 5 rings (SSSR count). The second-order valence-corrected chi connectivity index (χ2v) is 11.3. The Labute approximate surface area is 226 Å². The molecule has 196 valence electrons. The molecule has 2 fully saturated rings. The van der Waals surface area contributed by atoms with Crippen molar-refractivity contribution in [1.29, 1.82) is 0 Å². The number of aromatic nitrogens is 1. The first-order valence-corrected chi connectivity index (χ1v) is 14.2. The number of carbonyl (C=O) groups is 2. The molecule has 2 aromatic carbocycles. The van der Waals surface area contributed by atoms with Crippen LogP contribution in [0.3, 0.4) is 0 Å². The topological polar surface area (TPSA) is 83.6 Å². The highest BCUT2D eigenvalue weighted by Gasteiger charge is 2.40.